The molecule has 0 unspecified atom stereocenters. The summed E-state index contributed by atoms with van der Waals surface area (Å²) in [7, 11) is 0. The lowest BCUT2D eigenvalue weighted by Gasteiger charge is -2.05. The molecule has 0 saturated carbocycles. The molecule has 0 saturated heterocycles. The SMILES string of the molecule is Cc1cc(N/N=C/c2cn(-c3ccccc3)nc2-c2cccnc2)nc2ccccc12. The predicted octanol–water partition coefficient (Wildman–Crippen LogP) is 5.24. The second-order valence-electron chi connectivity index (χ2n) is 7.17. The third-order valence-electron chi connectivity index (χ3n) is 5.00. The number of nitrogens with one attached hydrogen (secondary N) is 1. The monoisotopic (exact) mass is 404 g/mol. The molecule has 5 aromatic rings. The third kappa shape index (κ3) is 3.91. The molecule has 150 valence electrons. The highest BCUT2D eigenvalue weighted by Crippen LogP contribution is 2.22. The molecule has 5 rings (SSSR count). The standard InChI is InChI=1S/C25H20N6/c1-18-14-24(28-23-12-6-5-11-22(18)23)29-27-16-20-17-31(21-9-3-2-4-10-21)30-25(20)19-8-7-13-26-15-19/h2-17H,1H3,(H,28,29)/b27-16+. The Morgan fingerprint density at radius 1 is 0.968 bits per heavy atom. The molecule has 0 aliphatic carbocycles. The van der Waals surface area contributed by atoms with Crippen LogP contribution in [-0.2, 0) is 0 Å². The van der Waals surface area contributed by atoms with Gasteiger partial charge in [-0.3, -0.25) is 10.4 Å². The average molecular weight is 404 g/mol. The third-order valence-corrected chi connectivity index (χ3v) is 5.00. The first-order valence-electron chi connectivity index (χ1n) is 9.99. The first kappa shape index (κ1) is 18.7. The first-order chi connectivity index (χ1) is 15.3. The van der Waals surface area contributed by atoms with Crippen molar-refractivity contribution in [2.75, 3.05) is 5.43 Å². The van der Waals surface area contributed by atoms with Crippen molar-refractivity contribution in [2.45, 2.75) is 6.92 Å². The van der Waals surface area contributed by atoms with Gasteiger partial charge in [0.05, 0.1) is 17.4 Å². The van der Waals surface area contributed by atoms with Gasteiger partial charge in [-0.15, -0.1) is 0 Å². The van der Waals surface area contributed by atoms with Gasteiger partial charge >= 0.3 is 0 Å². The molecule has 6 nitrogen and oxygen atoms in total. The maximum atomic E-state index is 4.77. The number of aromatic nitrogens is 4. The second-order valence-corrected chi connectivity index (χ2v) is 7.17. The van der Waals surface area contributed by atoms with Crippen LogP contribution in [-0.4, -0.2) is 26.0 Å². The second kappa shape index (κ2) is 8.20. The molecule has 31 heavy (non-hydrogen) atoms. The van der Waals surface area contributed by atoms with Crippen molar-refractivity contribution >= 4 is 22.9 Å². The van der Waals surface area contributed by atoms with E-state index in [9.17, 15) is 0 Å². The predicted molar refractivity (Wildman–Crippen MR) is 124 cm³/mol. The maximum Gasteiger partial charge on any atom is 0.147 e. The number of anilines is 1. The van der Waals surface area contributed by atoms with Crippen molar-refractivity contribution in [3.8, 4) is 16.9 Å². The van der Waals surface area contributed by atoms with E-state index in [1.165, 1.54) is 0 Å². The van der Waals surface area contributed by atoms with Crippen LogP contribution in [0.3, 0.4) is 0 Å². The normalized spacial score (nSPS) is 11.3. The summed E-state index contributed by atoms with van der Waals surface area (Å²) in [5.41, 5.74) is 8.74. The molecule has 0 bridgehead atoms. The lowest BCUT2D eigenvalue weighted by Crippen LogP contribution is -1.95. The number of hydrazone groups is 1. The number of para-hydroxylation sites is 2. The molecule has 0 amide bonds. The van der Waals surface area contributed by atoms with Crippen LogP contribution >= 0.6 is 0 Å². The molecule has 0 radical (unpaired) electrons. The van der Waals surface area contributed by atoms with E-state index in [2.05, 4.69) is 33.5 Å². The number of hydrogen-bond donors (Lipinski definition) is 1. The number of hydrogen-bond acceptors (Lipinski definition) is 5. The molecule has 0 atom stereocenters. The summed E-state index contributed by atoms with van der Waals surface area (Å²) in [6.45, 7) is 2.07. The highest BCUT2D eigenvalue weighted by atomic mass is 15.3. The van der Waals surface area contributed by atoms with Crippen molar-refractivity contribution in [3.63, 3.8) is 0 Å². The Morgan fingerprint density at radius 3 is 2.65 bits per heavy atom. The summed E-state index contributed by atoms with van der Waals surface area (Å²) in [5.74, 6) is 0.700. The molecule has 1 N–H and O–H groups in total. The minimum atomic E-state index is 0.700. The number of pyridine rings is 2. The lowest BCUT2D eigenvalue weighted by atomic mass is 10.1. The molecule has 0 spiro atoms. The van der Waals surface area contributed by atoms with Gasteiger partial charge in [0.25, 0.3) is 0 Å². The molecular weight excluding hydrogens is 384 g/mol. The van der Waals surface area contributed by atoms with Crippen LogP contribution in [0.5, 0.6) is 0 Å². The summed E-state index contributed by atoms with van der Waals surface area (Å²) >= 11 is 0. The van der Waals surface area contributed by atoms with E-state index in [0.717, 1.165) is 39.0 Å². The summed E-state index contributed by atoms with van der Waals surface area (Å²) in [6, 6.07) is 24.0. The fraction of sp³-hybridized carbons (Fsp3) is 0.0400. The van der Waals surface area contributed by atoms with Gasteiger partial charge in [0.15, 0.2) is 0 Å². The Hall–Kier alpha value is -4.32. The summed E-state index contributed by atoms with van der Waals surface area (Å²) < 4.78 is 1.85. The van der Waals surface area contributed by atoms with Crippen molar-refractivity contribution in [3.05, 3.63) is 103 Å². The minimum Gasteiger partial charge on any atom is -0.264 e. The van der Waals surface area contributed by atoms with Crippen molar-refractivity contribution in [1.82, 2.24) is 19.7 Å². The van der Waals surface area contributed by atoms with Gasteiger partial charge < -0.3 is 0 Å². The zero-order chi connectivity index (χ0) is 21.0. The number of rotatable bonds is 5. The zero-order valence-electron chi connectivity index (χ0n) is 17.0. The van der Waals surface area contributed by atoms with Crippen LogP contribution in [0.25, 0.3) is 27.8 Å². The Labute approximate surface area is 179 Å². The van der Waals surface area contributed by atoms with E-state index < -0.39 is 0 Å². The fourth-order valence-corrected chi connectivity index (χ4v) is 3.50. The van der Waals surface area contributed by atoms with E-state index in [0.29, 0.717) is 5.82 Å². The highest BCUT2D eigenvalue weighted by molar-refractivity contribution is 5.89. The van der Waals surface area contributed by atoms with Crippen LogP contribution in [0.4, 0.5) is 5.82 Å². The van der Waals surface area contributed by atoms with Crippen LogP contribution in [0.1, 0.15) is 11.1 Å². The average Bonchev–Trinajstić information content (AvgIpc) is 3.25. The van der Waals surface area contributed by atoms with E-state index in [-0.39, 0.29) is 0 Å². The van der Waals surface area contributed by atoms with E-state index >= 15 is 0 Å². The highest BCUT2D eigenvalue weighted by Gasteiger charge is 2.11. The van der Waals surface area contributed by atoms with E-state index in [4.69, 9.17) is 5.10 Å². The smallest absolute Gasteiger partial charge is 0.147 e. The molecule has 6 heteroatoms. The number of benzene rings is 2. The molecular formula is C25H20N6. The lowest BCUT2D eigenvalue weighted by molar-refractivity contribution is 0.884. The van der Waals surface area contributed by atoms with Crippen LogP contribution in [0, 0.1) is 6.92 Å². The van der Waals surface area contributed by atoms with Gasteiger partial charge in [-0.05, 0) is 48.9 Å². The molecule has 0 aliphatic heterocycles. The molecule has 3 heterocycles. The molecule has 0 aliphatic rings. The van der Waals surface area contributed by atoms with Gasteiger partial charge in [0.2, 0.25) is 0 Å². The quantitative estimate of drug-likeness (QED) is 0.321. The van der Waals surface area contributed by atoms with Gasteiger partial charge in [0.1, 0.15) is 11.5 Å². The van der Waals surface area contributed by atoms with Crippen molar-refractivity contribution in [1.29, 1.82) is 0 Å². The Bertz CT molecular complexity index is 1360. The molecule has 2 aromatic carbocycles. The van der Waals surface area contributed by atoms with Crippen molar-refractivity contribution < 1.29 is 0 Å². The topological polar surface area (TPSA) is 68.0 Å². The first-order valence-corrected chi connectivity index (χ1v) is 9.99. The number of aryl methyl sites for hydroxylation is 1. The van der Waals surface area contributed by atoms with Crippen LogP contribution in [0.15, 0.2) is 96.5 Å². The minimum absolute atomic E-state index is 0.700. The fourth-order valence-electron chi connectivity index (χ4n) is 3.50. The Morgan fingerprint density at radius 2 is 1.81 bits per heavy atom. The van der Waals surface area contributed by atoms with Gasteiger partial charge in [0, 0.05) is 35.1 Å². The van der Waals surface area contributed by atoms with E-state index in [1.54, 1.807) is 18.6 Å². The largest absolute Gasteiger partial charge is 0.264 e. The van der Waals surface area contributed by atoms with Crippen LogP contribution in [0.2, 0.25) is 0 Å². The summed E-state index contributed by atoms with van der Waals surface area (Å²) in [5, 5.41) is 10.4. The molecule has 3 aromatic heterocycles. The number of nitrogens with zero attached hydrogens (tertiary/aromatic N) is 5. The maximum absolute atomic E-state index is 4.77. The van der Waals surface area contributed by atoms with Gasteiger partial charge in [-0.25, -0.2) is 9.67 Å². The summed E-state index contributed by atoms with van der Waals surface area (Å²) in [4.78, 5) is 8.88. The summed E-state index contributed by atoms with van der Waals surface area (Å²) in [6.07, 6.45) is 7.28. The Balaban J connectivity index is 1.48. The van der Waals surface area contributed by atoms with Crippen molar-refractivity contribution in [2.24, 2.45) is 5.10 Å². The Kier molecular flexibility index (Phi) is 4.94. The van der Waals surface area contributed by atoms with Crippen LogP contribution < -0.4 is 5.43 Å². The van der Waals surface area contributed by atoms with E-state index in [1.807, 2.05) is 77.6 Å². The zero-order valence-corrected chi connectivity index (χ0v) is 17.0. The van der Waals surface area contributed by atoms with Gasteiger partial charge in [-0.2, -0.15) is 10.2 Å². The molecule has 0 fully saturated rings. The number of fused-ring (bicyclic) bond motifs is 1. The van der Waals surface area contributed by atoms with Gasteiger partial charge in [-0.1, -0.05) is 36.4 Å².